The van der Waals surface area contributed by atoms with Gasteiger partial charge in [-0.1, -0.05) is 20.4 Å². The Kier molecular flexibility index (Phi) is 5.15. The molecule has 0 saturated carbocycles. The van der Waals surface area contributed by atoms with E-state index in [1.807, 2.05) is 20.8 Å². The minimum Gasteiger partial charge on any atom is -0.505 e. The average Bonchev–Trinajstić information content (AvgIpc) is 2.57. The van der Waals surface area contributed by atoms with Crippen molar-refractivity contribution in [1.82, 2.24) is 9.88 Å². The van der Waals surface area contributed by atoms with Crippen LogP contribution in [0.15, 0.2) is 28.6 Å². The van der Waals surface area contributed by atoms with Gasteiger partial charge in [0.1, 0.15) is 17.1 Å². The molecule has 0 spiro atoms. The average molecular weight is 344 g/mol. The number of nitrogens with zero attached hydrogens (tertiary/aromatic N) is 2. The van der Waals surface area contributed by atoms with Crippen LogP contribution in [-0.4, -0.2) is 35.1 Å². The van der Waals surface area contributed by atoms with E-state index in [4.69, 9.17) is 0 Å². The van der Waals surface area contributed by atoms with Crippen LogP contribution in [0.1, 0.15) is 26.3 Å². The highest BCUT2D eigenvalue weighted by atomic mass is 16.3. The monoisotopic (exact) mass is 344 g/mol. The van der Waals surface area contributed by atoms with Gasteiger partial charge in [-0.15, -0.1) is 0 Å². The molecule has 7 nitrogen and oxygen atoms in total. The standard InChI is InChI=1S/C18H24N4O3/c1-9(2)10(3)20-14-15(18(25)17(14)24)21-13-8-19-7-12(16(13)23)11(4)22(5)6/h7-10,20-21H,4H2,1-3,5-6H3,(H,19,23)/t10-/m0/s1. The molecule has 2 rings (SSSR count). The fourth-order valence-electron chi connectivity index (χ4n) is 2.17. The molecule has 1 atom stereocenters. The predicted molar refractivity (Wildman–Crippen MR) is 101 cm³/mol. The third-order valence-corrected chi connectivity index (χ3v) is 4.31. The maximum atomic E-state index is 11.9. The van der Waals surface area contributed by atoms with E-state index < -0.39 is 10.9 Å². The number of hydrogen-bond acceptors (Lipinski definition) is 7. The highest BCUT2D eigenvalue weighted by molar-refractivity contribution is 5.82. The van der Waals surface area contributed by atoms with Crippen LogP contribution in [-0.2, 0) is 0 Å². The van der Waals surface area contributed by atoms with Crippen molar-refractivity contribution >= 4 is 22.8 Å². The first kappa shape index (κ1) is 18.5. The van der Waals surface area contributed by atoms with E-state index in [2.05, 4.69) is 22.2 Å². The zero-order chi connectivity index (χ0) is 18.9. The van der Waals surface area contributed by atoms with Crippen molar-refractivity contribution in [3.8, 4) is 5.75 Å². The molecule has 0 radical (unpaired) electrons. The predicted octanol–water partition coefficient (Wildman–Crippen LogP) is 2.12. The molecule has 134 valence electrons. The third-order valence-electron chi connectivity index (χ3n) is 4.31. The number of rotatable bonds is 7. The van der Waals surface area contributed by atoms with Gasteiger partial charge in [0.05, 0.1) is 11.8 Å². The summed E-state index contributed by atoms with van der Waals surface area (Å²) in [5.41, 5.74) is 0.465. The van der Waals surface area contributed by atoms with Gasteiger partial charge in [-0.05, 0) is 12.8 Å². The lowest BCUT2D eigenvalue weighted by molar-refractivity contribution is 0.471. The van der Waals surface area contributed by atoms with E-state index in [0.29, 0.717) is 17.2 Å². The lowest BCUT2D eigenvalue weighted by Gasteiger charge is -2.22. The third kappa shape index (κ3) is 3.50. The van der Waals surface area contributed by atoms with Crippen LogP contribution < -0.4 is 21.5 Å². The van der Waals surface area contributed by atoms with Gasteiger partial charge in [0.15, 0.2) is 5.75 Å². The van der Waals surface area contributed by atoms with Crippen molar-refractivity contribution in [2.24, 2.45) is 5.92 Å². The van der Waals surface area contributed by atoms with Crippen molar-refractivity contribution in [3.63, 3.8) is 0 Å². The van der Waals surface area contributed by atoms with E-state index in [1.54, 1.807) is 19.0 Å². The van der Waals surface area contributed by atoms with Gasteiger partial charge in [-0.2, -0.15) is 0 Å². The number of hydrogen-bond donors (Lipinski definition) is 3. The van der Waals surface area contributed by atoms with Gasteiger partial charge >= 0.3 is 0 Å². The molecule has 1 aromatic carbocycles. The lowest BCUT2D eigenvalue weighted by atomic mass is 10.0. The summed E-state index contributed by atoms with van der Waals surface area (Å²) in [5, 5.41) is 16.3. The first-order valence-corrected chi connectivity index (χ1v) is 8.05. The van der Waals surface area contributed by atoms with Crippen LogP contribution in [0.2, 0.25) is 0 Å². The SMILES string of the molecule is C=C(c1cncc(Nc2c(N[C@@H](C)C(C)C)c(=O)c2=O)c1O)N(C)C. The molecule has 1 heterocycles. The molecule has 2 aromatic rings. The molecular formula is C18H24N4O3. The Bertz CT molecular complexity index is 864. The molecule has 0 amide bonds. The molecule has 0 bridgehead atoms. The van der Waals surface area contributed by atoms with Crippen LogP contribution >= 0.6 is 0 Å². The maximum Gasteiger partial charge on any atom is 0.253 e. The topological polar surface area (TPSA) is 94.6 Å². The zero-order valence-electron chi connectivity index (χ0n) is 15.2. The molecule has 0 unspecified atom stereocenters. The molecule has 0 saturated heterocycles. The van der Waals surface area contributed by atoms with Gasteiger partial charge in [0.25, 0.3) is 10.9 Å². The summed E-state index contributed by atoms with van der Waals surface area (Å²) in [6, 6.07) is 0.0235. The van der Waals surface area contributed by atoms with E-state index >= 15 is 0 Å². The Morgan fingerprint density at radius 2 is 1.76 bits per heavy atom. The Labute approximate surface area is 146 Å². The zero-order valence-corrected chi connectivity index (χ0v) is 15.2. The summed E-state index contributed by atoms with van der Waals surface area (Å²) in [6.45, 7) is 9.86. The fourth-order valence-corrected chi connectivity index (χ4v) is 2.17. The van der Waals surface area contributed by atoms with Crippen molar-refractivity contribution in [3.05, 3.63) is 45.0 Å². The van der Waals surface area contributed by atoms with Crippen LogP contribution in [0.25, 0.3) is 5.70 Å². The second-order valence-corrected chi connectivity index (χ2v) is 6.63. The molecule has 25 heavy (non-hydrogen) atoms. The van der Waals surface area contributed by atoms with Crippen LogP contribution in [0, 0.1) is 5.92 Å². The summed E-state index contributed by atoms with van der Waals surface area (Å²) in [4.78, 5) is 29.6. The molecule has 0 fully saturated rings. The van der Waals surface area contributed by atoms with Gasteiger partial charge in [-0.25, -0.2) is 0 Å². The molecule has 0 aliphatic heterocycles. The Balaban J connectivity index is 2.35. The summed E-state index contributed by atoms with van der Waals surface area (Å²) in [5.74, 6) is 0.212. The molecule has 0 aliphatic carbocycles. The van der Waals surface area contributed by atoms with Crippen molar-refractivity contribution in [1.29, 1.82) is 0 Å². The largest absolute Gasteiger partial charge is 0.505 e. The summed E-state index contributed by atoms with van der Waals surface area (Å²) in [6.07, 6.45) is 2.89. The van der Waals surface area contributed by atoms with Crippen molar-refractivity contribution < 1.29 is 5.11 Å². The summed E-state index contributed by atoms with van der Waals surface area (Å²) < 4.78 is 0. The first-order chi connectivity index (χ1) is 11.6. The van der Waals surface area contributed by atoms with Gasteiger partial charge in [0.2, 0.25) is 0 Å². The first-order valence-electron chi connectivity index (χ1n) is 8.05. The quantitative estimate of drug-likeness (QED) is 0.662. The van der Waals surface area contributed by atoms with E-state index in [0.717, 1.165) is 0 Å². The normalized spacial score (nSPS) is 12.2. The Hall–Kier alpha value is -2.83. The maximum absolute atomic E-state index is 11.9. The molecule has 1 aromatic heterocycles. The lowest BCUT2D eigenvalue weighted by Crippen LogP contribution is -2.39. The summed E-state index contributed by atoms with van der Waals surface area (Å²) in [7, 11) is 3.60. The van der Waals surface area contributed by atoms with E-state index in [1.165, 1.54) is 12.4 Å². The summed E-state index contributed by atoms with van der Waals surface area (Å²) >= 11 is 0. The van der Waals surface area contributed by atoms with Crippen LogP contribution in [0.3, 0.4) is 0 Å². The highest BCUT2D eigenvalue weighted by Crippen LogP contribution is 2.34. The smallest absolute Gasteiger partial charge is 0.253 e. The molecule has 0 aliphatic rings. The Morgan fingerprint density at radius 1 is 1.16 bits per heavy atom. The van der Waals surface area contributed by atoms with E-state index in [9.17, 15) is 14.7 Å². The minimum atomic E-state index is -0.616. The number of nitrogens with one attached hydrogen (secondary N) is 2. The minimum absolute atomic E-state index is 0.0235. The van der Waals surface area contributed by atoms with Crippen LogP contribution in [0.5, 0.6) is 5.75 Å². The van der Waals surface area contributed by atoms with Gasteiger partial charge in [-0.3, -0.25) is 14.6 Å². The van der Waals surface area contributed by atoms with Gasteiger partial charge in [0, 0.05) is 32.0 Å². The van der Waals surface area contributed by atoms with E-state index in [-0.39, 0.29) is 28.9 Å². The highest BCUT2D eigenvalue weighted by Gasteiger charge is 2.24. The Morgan fingerprint density at radius 3 is 2.32 bits per heavy atom. The number of pyridine rings is 1. The molecule has 3 N–H and O–H groups in total. The fraction of sp³-hybridized carbons (Fsp3) is 0.389. The molecular weight excluding hydrogens is 320 g/mol. The van der Waals surface area contributed by atoms with Crippen molar-refractivity contribution in [2.75, 3.05) is 24.7 Å². The van der Waals surface area contributed by atoms with Crippen LogP contribution in [0.4, 0.5) is 17.1 Å². The number of aromatic hydroxyl groups is 1. The van der Waals surface area contributed by atoms with Crippen molar-refractivity contribution in [2.45, 2.75) is 26.8 Å². The second-order valence-electron chi connectivity index (χ2n) is 6.63. The number of anilines is 3. The van der Waals surface area contributed by atoms with Gasteiger partial charge < -0.3 is 20.6 Å². The molecule has 7 heteroatoms. The second kappa shape index (κ2) is 6.96. The number of aromatic nitrogens is 1.